The first-order chi connectivity index (χ1) is 11.6. The average Bonchev–Trinajstić information content (AvgIpc) is 3.12. The van der Waals surface area contributed by atoms with E-state index in [1.807, 2.05) is 6.07 Å². The van der Waals surface area contributed by atoms with E-state index in [1.54, 1.807) is 35.9 Å². The highest BCUT2D eigenvalue weighted by Gasteiger charge is 2.12. The van der Waals surface area contributed by atoms with E-state index in [-0.39, 0.29) is 18.1 Å². The Hall–Kier alpha value is -3.22. The molecule has 0 bridgehead atoms. The number of rotatable bonds is 3. The minimum atomic E-state index is -0.298. The fraction of sp³-hybridized carbons (Fsp3) is 0.118. The van der Waals surface area contributed by atoms with E-state index in [9.17, 15) is 9.18 Å². The number of aromatic amines is 1. The third kappa shape index (κ3) is 2.50. The number of nitrogens with one attached hydrogen (secondary N) is 1. The molecule has 6 nitrogen and oxygen atoms in total. The summed E-state index contributed by atoms with van der Waals surface area (Å²) in [6.07, 6.45) is 1.65. The Morgan fingerprint density at radius 2 is 2.00 bits per heavy atom. The Kier molecular flexibility index (Phi) is 3.26. The van der Waals surface area contributed by atoms with Crippen molar-refractivity contribution in [1.29, 1.82) is 0 Å². The summed E-state index contributed by atoms with van der Waals surface area (Å²) in [4.78, 5) is 19.2. The van der Waals surface area contributed by atoms with Crippen molar-refractivity contribution in [3.05, 3.63) is 70.4 Å². The predicted molar refractivity (Wildman–Crippen MR) is 86.1 cm³/mol. The highest BCUT2D eigenvalue weighted by Crippen LogP contribution is 2.22. The maximum atomic E-state index is 13.1. The zero-order valence-electron chi connectivity index (χ0n) is 12.8. The predicted octanol–water partition coefficient (Wildman–Crippen LogP) is 2.88. The molecule has 0 radical (unpaired) electrons. The van der Waals surface area contributed by atoms with Gasteiger partial charge in [-0.05, 0) is 30.7 Å². The molecule has 0 aliphatic heterocycles. The molecule has 3 heterocycles. The number of aromatic nitrogens is 4. The maximum absolute atomic E-state index is 13.1. The summed E-state index contributed by atoms with van der Waals surface area (Å²) in [6, 6.07) is 9.76. The molecule has 7 heteroatoms. The van der Waals surface area contributed by atoms with Gasteiger partial charge < -0.3 is 4.52 Å². The third-order valence-corrected chi connectivity index (χ3v) is 3.80. The minimum Gasteiger partial charge on any atom is -0.361 e. The van der Waals surface area contributed by atoms with E-state index in [0.29, 0.717) is 22.6 Å². The van der Waals surface area contributed by atoms with E-state index in [2.05, 4.69) is 15.1 Å². The Labute approximate surface area is 135 Å². The van der Waals surface area contributed by atoms with Gasteiger partial charge in [-0.1, -0.05) is 17.3 Å². The second-order valence-electron chi connectivity index (χ2n) is 5.54. The van der Waals surface area contributed by atoms with Crippen molar-refractivity contribution in [1.82, 2.24) is 19.7 Å². The van der Waals surface area contributed by atoms with Crippen LogP contribution >= 0.6 is 0 Å². The molecule has 0 saturated carbocycles. The summed E-state index contributed by atoms with van der Waals surface area (Å²) in [5.41, 5.74) is 3.15. The molecule has 0 spiro atoms. The van der Waals surface area contributed by atoms with Gasteiger partial charge in [0.15, 0.2) is 5.65 Å². The van der Waals surface area contributed by atoms with Crippen LogP contribution in [0.25, 0.3) is 22.3 Å². The van der Waals surface area contributed by atoms with Crippen molar-refractivity contribution in [2.24, 2.45) is 0 Å². The van der Waals surface area contributed by atoms with Crippen LogP contribution in [0.2, 0.25) is 0 Å². The van der Waals surface area contributed by atoms with E-state index in [4.69, 9.17) is 4.52 Å². The molecule has 0 saturated heterocycles. The summed E-state index contributed by atoms with van der Waals surface area (Å²) >= 11 is 0. The molecule has 1 aromatic carbocycles. The molecule has 0 amide bonds. The second-order valence-corrected chi connectivity index (χ2v) is 5.54. The summed E-state index contributed by atoms with van der Waals surface area (Å²) in [7, 11) is 0. The number of fused-ring (bicyclic) bond motifs is 1. The molecule has 4 rings (SSSR count). The Morgan fingerprint density at radius 1 is 1.21 bits per heavy atom. The normalized spacial score (nSPS) is 11.2. The topological polar surface area (TPSA) is 76.7 Å². The molecular formula is C17H13FN4O2. The van der Waals surface area contributed by atoms with Crippen LogP contribution in [0.4, 0.5) is 4.39 Å². The van der Waals surface area contributed by atoms with Crippen molar-refractivity contribution in [2.45, 2.75) is 13.5 Å². The quantitative estimate of drug-likeness (QED) is 0.628. The van der Waals surface area contributed by atoms with Gasteiger partial charge in [-0.25, -0.2) is 14.2 Å². The van der Waals surface area contributed by atoms with Gasteiger partial charge in [-0.2, -0.15) is 0 Å². The van der Waals surface area contributed by atoms with Gasteiger partial charge in [0.1, 0.15) is 17.3 Å². The highest BCUT2D eigenvalue weighted by molar-refractivity contribution is 5.78. The van der Waals surface area contributed by atoms with Crippen LogP contribution in [-0.4, -0.2) is 19.7 Å². The number of aryl methyl sites for hydroxylation is 1. The SMILES string of the molecule is Cc1cc(Cn2c(=O)[nH]c3ncc(-c4ccc(F)cc4)cc32)no1. The Morgan fingerprint density at radius 3 is 2.71 bits per heavy atom. The van der Waals surface area contributed by atoms with Gasteiger partial charge in [0.05, 0.1) is 12.1 Å². The first kappa shape index (κ1) is 14.4. The minimum absolute atomic E-state index is 0.269. The molecule has 0 unspecified atom stereocenters. The lowest BCUT2D eigenvalue weighted by molar-refractivity contribution is 0.389. The molecule has 120 valence electrons. The van der Waals surface area contributed by atoms with Gasteiger partial charge in [-0.15, -0.1) is 0 Å². The summed E-state index contributed by atoms with van der Waals surface area (Å²) in [6.45, 7) is 2.08. The van der Waals surface area contributed by atoms with Crippen molar-refractivity contribution >= 4 is 11.2 Å². The molecule has 3 aromatic heterocycles. The van der Waals surface area contributed by atoms with Crippen molar-refractivity contribution in [3.63, 3.8) is 0 Å². The molecular weight excluding hydrogens is 311 g/mol. The van der Waals surface area contributed by atoms with Crippen LogP contribution in [0.1, 0.15) is 11.5 Å². The van der Waals surface area contributed by atoms with E-state index in [1.165, 1.54) is 12.1 Å². The van der Waals surface area contributed by atoms with Crippen LogP contribution in [0, 0.1) is 12.7 Å². The van der Waals surface area contributed by atoms with E-state index in [0.717, 1.165) is 11.1 Å². The molecule has 0 aliphatic carbocycles. The Bertz CT molecular complexity index is 1080. The van der Waals surface area contributed by atoms with E-state index < -0.39 is 0 Å². The van der Waals surface area contributed by atoms with Crippen molar-refractivity contribution < 1.29 is 8.91 Å². The lowest BCUT2D eigenvalue weighted by atomic mass is 10.1. The highest BCUT2D eigenvalue weighted by atomic mass is 19.1. The van der Waals surface area contributed by atoms with Gasteiger partial charge in [-0.3, -0.25) is 9.55 Å². The van der Waals surface area contributed by atoms with Gasteiger partial charge in [0.2, 0.25) is 0 Å². The maximum Gasteiger partial charge on any atom is 0.328 e. The molecule has 0 atom stereocenters. The van der Waals surface area contributed by atoms with E-state index >= 15 is 0 Å². The lowest BCUT2D eigenvalue weighted by Gasteiger charge is -2.04. The van der Waals surface area contributed by atoms with Crippen molar-refractivity contribution in [2.75, 3.05) is 0 Å². The molecule has 4 aromatic rings. The number of halogens is 1. The number of H-pyrrole nitrogens is 1. The summed E-state index contributed by atoms with van der Waals surface area (Å²) in [5.74, 6) is 0.385. The first-order valence-electron chi connectivity index (χ1n) is 7.37. The molecule has 0 fully saturated rings. The lowest BCUT2D eigenvalue weighted by Crippen LogP contribution is -2.17. The third-order valence-electron chi connectivity index (χ3n) is 3.80. The summed E-state index contributed by atoms with van der Waals surface area (Å²) in [5, 5.41) is 3.92. The molecule has 24 heavy (non-hydrogen) atoms. The number of pyridine rings is 1. The largest absolute Gasteiger partial charge is 0.361 e. The summed E-state index contributed by atoms with van der Waals surface area (Å²) < 4.78 is 19.7. The zero-order chi connectivity index (χ0) is 16.7. The number of hydrogen-bond donors (Lipinski definition) is 1. The molecule has 0 aliphatic rings. The van der Waals surface area contributed by atoms with Gasteiger partial charge >= 0.3 is 5.69 Å². The molecule has 1 N–H and O–H groups in total. The monoisotopic (exact) mass is 324 g/mol. The van der Waals surface area contributed by atoms with Crippen LogP contribution in [0.5, 0.6) is 0 Å². The number of nitrogens with zero attached hydrogens (tertiary/aromatic N) is 3. The van der Waals surface area contributed by atoms with Crippen LogP contribution in [0.15, 0.2) is 51.9 Å². The fourth-order valence-corrected chi connectivity index (χ4v) is 2.65. The van der Waals surface area contributed by atoms with Gasteiger partial charge in [0, 0.05) is 17.8 Å². The van der Waals surface area contributed by atoms with Gasteiger partial charge in [0.25, 0.3) is 0 Å². The Balaban J connectivity index is 1.81. The fourth-order valence-electron chi connectivity index (χ4n) is 2.65. The number of hydrogen-bond acceptors (Lipinski definition) is 4. The van der Waals surface area contributed by atoms with Crippen molar-refractivity contribution in [3.8, 4) is 11.1 Å². The van der Waals surface area contributed by atoms with Crippen LogP contribution < -0.4 is 5.69 Å². The van der Waals surface area contributed by atoms with Crippen LogP contribution in [0.3, 0.4) is 0 Å². The first-order valence-corrected chi connectivity index (χ1v) is 7.37. The number of imidazole rings is 1. The zero-order valence-corrected chi connectivity index (χ0v) is 12.8. The van der Waals surface area contributed by atoms with Crippen LogP contribution in [-0.2, 0) is 6.54 Å². The second kappa shape index (κ2) is 5.45. The number of benzene rings is 1. The average molecular weight is 324 g/mol. The smallest absolute Gasteiger partial charge is 0.328 e. The standard InChI is InChI=1S/C17H13FN4O2/c1-10-6-14(21-24-10)9-22-15-7-12(8-19-16(15)20-17(22)23)11-2-4-13(18)5-3-11/h2-8H,9H2,1H3,(H,19,20,23).